The van der Waals surface area contributed by atoms with Gasteiger partial charge < -0.3 is 25.2 Å². The first-order valence-corrected chi connectivity index (χ1v) is 11.6. The molecule has 1 amide bonds. The second kappa shape index (κ2) is 11.7. The Balaban J connectivity index is 1.46. The zero-order valence-electron chi connectivity index (χ0n) is 18.5. The van der Waals surface area contributed by atoms with Crippen molar-refractivity contribution in [2.75, 3.05) is 60.0 Å². The molecular formula is C22H41N5O2. The van der Waals surface area contributed by atoms with Gasteiger partial charge in [-0.25, -0.2) is 4.99 Å². The molecule has 1 aliphatic carbocycles. The Labute approximate surface area is 176 Å². The number of hydrogen-bond acceptors (Lipinski definition) is 4. The lowest BCUT2D eigenvalue weighted by Crippen LogP contribution is -2.50. The van der Waals surface area contributed by atoms with Crippen LogP contribution in [-0.2, 0) is 9.53 Å². The van der Waals surface area contributed by atoms with Gasteiger partial charge in [-0.2, -0.15) is 0 Å². The molecule has 0 aromatic carbocycles. The number of likely N-dealkylation sites (N-methyl/N-ethyl adjacent to an activating group) is 1. The topological polar surface area (TPSA) is 69.2 Å². The summed E-state index contributed by atoms with van der Waals surface area (Å²) in [6.07, 6.45) is 10.1. The number of carbonyl (C=O) groups excluding carboxylic acids is 1. The van der Waals surface area contributed by atoms with E-state index >= 15 is 0 Å². The van der Waals surface area contributed by atoms with Gasteiger partial charge in [0.2, 0.25) is 5.91 Å². The van der Waals surface area contributed by atoms with Gasteiger partial charge in [-0.15, -0.1) is 0 Å². The molecule has 0 bridgehead atoms. The van der Waals surface area contributed by atoms with Crippen LogP contribution in [0.1, 0.15) is 51.4 Å². The smallest absolute Gasteiger partial charge is 0.243 e. The van der Waals surface area contributed by atoms with Crippen LogP contribution >= 0.6 is 0 Å². The van der Waals surface area contributed by atoms with Crippen LogP contribution in [0.5, 0.6) is 0 Å². The quantitative estimate of drug-likeness (QED) is 0.497. The van der Waals surface area contributed by atoms with E-state index in [0.717, 1.165) is 57.6 Å². The first kappa shape index (κ1) is 22.3. The van der Waals surface area contributed by atoms with Crippen molar-refractivity contribution in [3.63, 3.8) is 0 Å². The number of ether oxygens (including phenoxy) is 1. The lowest BCUT2D eigenvalue weighted by atomic mass is 9.89. The predicted molar refractivity (Wildman–Crippen MR) is 117 cm³/mol. The van der Waals surface area contributed by atoms with Crippen LogP contribution in [0.25, 0.3) is 0 Å². The summed E-state index contributed by atoms with van der Waals surface area (Å²) in [5.74, 6) is 2.30. The fourth-order valence-corrected chi connectivity index (χ4v) is 4.62. The van der Waals surface area contributed by atoms with E-state index in [9.17, 15) is 4.79 Å². The first-order valence-electron chi connectivity index (χ1n) is 11.6. The van der Waals surface area contributed by atoms with E-state index in [1.54, 1.807) is 19.0 Å². The van der Waals surface area contributed by atoms with E-state index < -0.39 is 0 Å². The number of hydrogen-bond donors (Lipinski definition) is 2. The molecule has 0 aromatic rings. The molecule has 7 nitrogen and oxygen atoms in total. The first-order chi connectivity index (χ1) is 14.1. The van der Waals surface area contributed by atoms with Gasteiger partial charge in [-0.3, -0.25) is 4.79 Å². The summed E-state index contributed by atoms with van der Waals surface area (Å²) >= 11 is 0. The van der Waals surface area contributed by atoms with E-state index in [-0.39, 0.29) is 12.5 Å². The lowest BCUT2D eigenvalue weighted by Gasteiger charge is -2.34. The van der Waals surface area contributed by atoms with Crippen molar-refractivity contribution in [3.8, 4) is 0 Å². The summed E-state index contributed by atoms with van der Waals surface area (Å²) < 4.78 is 5.52. The Morgan fingerprint density at radius 2 is 1.83 bits per heavy atom. The molecule has 3 aliphatic rings. The SMILES string of the molecule is CN(C)C(=O)CN=C(NCC1CCCCC1)NC1CCN(CC2CCOC2)CC1. The van der Waals surface area contributed by atoms with Crippen molar-refractivity contribution in [1.29, 1.82) is 0 Å². The van der Waals surface area contributed by atoms with Crippen molar-refractivity contribution in [2.24, 2.45) is 16.8 Å². The number of likely N-dealkylation sites (tertiary alicyclic amines) is 1. The highest BCUT2D eigenvalue weighted by atomic mass is 16.5. The van der Waals surface area contributed by atoms with E-state index in [1.807, 2.05) is 0 Å². The molecule has 0 spiro atoms. The van der Waals surface area contributed by atoms with Crippen LogP contribution in [0.15, 0.2) is 4.99 Å². The highest BCUT2D eigenvalue weighted by Crippen LogP contribution is 2.22. The van der Waals surface area contributed by atoms with Gasteiger partial charge in [0.25, 0.3) is 0 Å². The van der Waals surface area contributed by atoms with E-state index in [1.165, 1.54) is 45.1 Å². The Hall–Kier alpha value is -1.34. The van der Waals surface area contributed by atoms with Crippen molar-refractivity contribution in [2.45, 2.75) is 57.4 Å². The Morgan fingerprint density at radius 3 is 2.48 bits per heavy atom. The zero-order valence-corrected chi connectivity index (χ0v) is 18.5. The number of rotatable bonds is 7. The summed E-state index contributed by atoms with van der Waals surface area (Å²) in [6, 6.07) is 0.429. The highest BCUT2D eigenvalue weighted by Gasteiger charge is 2.24. The number of nitrogens with zero attached hydrogens (tertiary/aromatic N) is 3. The number of nitrogens with one attached hydrogen (secondary N) is 2. The lowest BCUT2D eigenvalue weighted by molar-refractivity contribution is -0.127. The van der Waals surface area contributed by atoms with Crippen LogP contribution in [0.3, 0.4) is 0 Å². The minimum atomic E-state index is 0.0392. The number of amides is 1. The van der Waals surface area contributed by atoms with Gasteiger partial charge in [0, 0.05) is 52.9 Å². The maximum Gasteiger partial charge on any atom is 0.243 e. The largest absolute Gasteiger partial charge is 0.381 e. The van der Waals surface area contributed by atoms with Crippen molar-refractivity contribution in [1.82, 2.24) is 20.4 Å². The average molecular weight is 408 g/mol. The third kappa shape index (κ3) is 7.78. The molecule has 3 rings (SSSR count). The summed E-state index contributed by atoms with van der Waals surface area (Å²) in [5.41, 5.74) is 0. The molecule has 166 valence electrons. The second-order valence-corrected chi connectivity index (χ2v) is 9.29. The standard InChI is InChI=1S/C22H41N5O2/c1-26(2)21(28)15-24-22(23-14-18-6-4-3-5-7-18)25-20-8-11-27(12-9-20)16-19-10-13-29-17-19/h18-20H,3-17H2,1-2H3,(H2,23,24,25). The Bertz CT molecular complexity index is 519. The van der Waals surface area contributed by atoms with Crippen LogP contribution in [0.2, 0.25) is 0 Å². The van der Waals surface area contributed by atoms with Gasteiger partial charge >= 0.3 is 0 Å². The molecule has 29 heavy (non-hydrogen) atoms. The van der Waals surface area contributed by atoms with Crippen molar-refractivity contribution >= 4 is 11.9 Å². The third-order valence-corrected chi connectivity index (χ3v) is 6.62. The Morgan fingerprint density at radius 1 is 1.07 bits per heavy atom. The molecule has 2 aliphatic heterocycles. The maximum absolute atomic E-state index is 12.0. The van der Waals surface area contributed by atoms with Crippen LogP contribution in [0, 0.1) is 11.8 Å². The minimum Gasteiger partial charge on any atom is -0.381 e. The highest BCUT2D eigenvalue weighted by molar-refractivity contribution is 5.84. The van der Waals surface area contributed by atoms with Gasteiger partial charge in [-0.1, -0.05) is 19.3 Å². The van der Waals surface area contributed by atoms with Gasteiger partial charge in [0.1, 0.15) is 6.54 Å². The molecule has 3 fully saturated rings. The van der Waals surface area contributed by atoms with Crippen LogP contribution in [-0.4, -0.2) is 87.7 Å². The molecule has 7 heteroatoms. The van der Waals surface area contributed by atoms with Gasteiger partial charge in [0.05, 0.1) is 6.61 Å². The predicted octanol–water partition coefficient (Wildman–Crippen LogP) is 1.69. The normalized spacial score (nSPS) is 25.2. The summed E-state index contributed by atoms with van der Waals surface area (Å²) in [6.45, 7) is 6.45. The van der Waals surface area contributed by atoms with Crippen LogP contribution in [0.4, 0.5) is 0 Å². The van der Waals surface area contributed by atoms with Gasteiger partial charge in [-0.05, 0) is 43.9 Å². The molecule has 1 saturated carbocycles. The fraction of sp³-hybridized carbons (Fsp3) is 0.909. The maximum atomic E-state index is 12.0. The van der Waals surface area contributed by atoms with E-state index in [4.69, 9.17) is 4.74 Å². The van der Waals surface area contributed by atoms with Gasteiger partial charge in [0.15, 0.2) is 5.96 Å². The molecule has 2 heterocycles. The zero-order chi connectivity index (χ0) is 20.5. The van der Waals surface area contributed by atoms with Crippen LogP contribution < -0.4 is 10.6 Å². The summed E-state index contributed by atoms with van der Waals surface area (Å²) in [7, 11) is 3.57. The Kier molecular flexibility index (Phi) is 9.05. The minimum absolute atomic E-state index is 0.0392. The van der Waals surface area contributed by atoms with E-state index in [0.29, 0.717) is 12.0 Å². The second-order valence-electron chi connectivity index (χ2n) is 9.29. The molecule has 2 N–H and O–H groups in total. The monoisotopic (exact) mass is 407 g/mol. The third-order valence-electron chi connectivity index (χ3n) is 6.62. The molecule has 1 unspecified atom stereocenters. The number of carbonyl (C=O) groups is 1. The van der Waals surface area contributed by atoms with E-state index in [2.05, 4.69) is 20.5 Å². The average Bonchev–Trinajstić information content (AvgIpc) is 3.25. The van der Waals surface area contributed by atoms with Crippen molar-refractivity contribution in [3.05, 3.63) is 0 Å². The molecule has 0 radical (unpaired) electrons. The number of aliphatic imine (C=N–C) groups is 1. The molecule has 2 saturated heterocycles. The fourth-order valence-electron chi connectivity index (χ4n) is 4.62. The van der Waals surface area contributed by atoms with Crippen molar-refractivity contribution < 1.29 is 9.53 Å². The number of guanidine groups is 1. The number of piperidine rings is 1. The summed E-state index contributed by atoms with van der Waals surface area (Å²) in [5, 5.41) is 7.16. The molecule has 0 aromatic heterocycles. The molecular weight excluding hydrogens is 366 g/mol. The summed E-state index contributed by atoms with van der Waals surface area (Å²) in [4.78, 5) is 20.8. The molecule has 1 atom stereocenters.